The number of nitrogens with one attached hydrogen (secondary N) is 1. The summed E-state index contributed by atoms with van der Waals surface area (Å²) in [5, 5.41) is 4.93. The third-order valence-corrected chi connectivity index (χ3v) is 6.53. The fourth-order valence-electron chi connectivity index (χ4n) is 4.63. The first kappa shape index (κ1) is 21.0. The van der Waals surface area contributed by atoms with Gasteiger partial charge >= 0.3 is 0 Å². The molecule has 3 heterocycles. The molecule has 0 bridgehead atoms. The molecule has 0 saturated carbocycles. The molecule has 32 heavy (non-hydrogen) atoms. The number of nitrogens with zero attached hydrogens (tertiary/aromatic N) is 2. The van der Waals surface area contributed by atoms with Gasteiger partial charge in [0.05, 0.1) is 12.6 Å². The second-order valence-corrected chi connectivity index (χ2v) is 8.58. The van der Waals surface area contributed by atoms with E-state index >= 15 is 0 Å². The minimum atomic E-state index is 0.561. The molecule has 0 aliphatic carbocycles. The van der Waals surface area contributed by atoms with Gasteiger partial charge in [0.15, 0.2) is 11.5 Å². The number of hydrogen-bond donors (Lipinski definition) is 1. The second-order valence-electron chi connectivity index (χ2n) is 8.58. The summed E-state index contributed by atoms with van der Waals surface area (Å²) in [5.41, 5.74) is 3.62. The Morgan fingerprint density at radius 1 is 1.03 bits per heavy atom. The lowest BCUT2D eigenvalue weighted by molar-refractivity contribution is 0.171. The lowest BCUT2D eigenvalue weighted by atomic mass is 10.0. The number of hydrogen-bond acceptors (Lipinski definition) is 6. The number of methoxy groups -OCH3 is 1. The fraction of sp³-hybridized carbons (Fsp3) is 0.423. The number of benzene rings is 2. The van der Waals surface area contributed by atoms with Crippen LogP contribution in [-0.4, -0.2) is 55.9 Å². The van der Waals surface area contributed by atoms with Crippen molar-refractivity contribution in [2.45, 2.75) is 31.8 Å². The average Bonchev–Trinajstić information content (AvgIpc) is 2.86. The number of fused-ring (bicyclic) bond motifs is 2. The quantitative estimate of drug-likeness (QED) is 0.612. The van der Waals surface area contributed by atoms with Crippen molar-refractivity contribution in [2.24, 2.45) is 0 Å². The number of rotatable bonds is 7. The summed E-state index contributed by atoms with van der Waals surface area (Å²) < 4.78 is 16.7. The van der Waals surface area contributed by atoms with E-state index < -0.39 is 0 Å². The van der Waals surface area contributed by atoms with Crippen molar-refractivity contribution in [3.63, 3.8) is 0 Å². The predicted octanol–water partition coefficient (Wildman–Crippen LogP) is 3.81. The van der Waals surface area contributed by atoms with E-state index in [1.54, 1.807) is 7.11 Å². The smallest absolute Gasteiger partial charge is 0.161 e. The largest absolute Gasteiger partial charge is 0.497 e. The van der Waals surface area contributed by atoms with Gasteiger partial charge in [-0.25, -0.2) is 0 Å². The second kappa shape index (κ2) is 9.76. The monoisotopic (exact) mass is 433 g/mol. The molecule has 0 atom stereocenters. The van der Waals surface area contributed by atoms with E-state index in [0.29, 0.717) is 19.3 Å². The van der Waals surface area contributed by atoms with Crippen LogP contribution in [0.1, 0.15) is 24.0 Å². The van der Waals surface area contributed by atoms with E-state index in [9.17, 15) is 0 Å². The van der Waals surface area contributed by atoms with E-state index in [1.807, 2.05) is 24.4 Å². The normalized spacial score (nSPS) is 16.9. The number of likely N-dealkylation sites (tertiary alicyclic amines) is 1. The minimum absolute atomic E-state index is 0.561. The Balaban J connectivity index is 1.10. The van der Waals surface area contributed by atoms with Crippen LogP contribution >= 0.6 is 0 Å². The van der Waals surface area contributed by atoms with E-state index in [2.05, 4.69) is 39.5 Å². The van der Waals surface area contributed by atoms with Crippen LogP contribution in [0, 0.1) is 0 Å². The first-order valence-electron chi connectivity index (χ1n) is 11.5. The van der Waals surface area contributed by atoms with Gasteiger partial charge in [-0.05, 0) is 79.9 Å². The average molecular weight is 434 g/mol. The highest BCUT2D eigenvalue weighted by atomic mass is 16.6. The third-order valence-electron chi connectivity index (χ3n) is 6.53. The number of pyridine rings is 1. The van der Waals surface area contributed by atoms with Crippen LogP contribution in [0.25, 0.3) is 10.9 Å². The van der Waals surface area contributed by atoms with E-state index in [-0.39, 0.29) is 0 Å². The van der Waals surface area contributed by atoms with E-state index in [4.69, 9.17) is 14.2 Å². The highest BCUT2D eigenvalue weighted by molar-refractivity contribution is 5.83. The lowest BCUT2D eigenvalue weighted by Gasteiger charge is -2.32. The molecule has 2 aliphatic rings. The molecule has 1 saturated heterocycles. The summed E-state index contributed by atoms with van der Waals surface area (Å²) in [6.07, 6.45) is 5.30. The van der Waals surface area contributed by atoms with Gasteiger partial charge in [0.2, 0.25) is 0 Å². The van der Waals surface area contributed by atoms with Crippen LogP contribution in [0.2, 0.25) is 0 Å². The molecule has 5 rings (SSSR count). The Labute approximate surface area is 189 Å². The van der Waals surface area contributed by atoms with Gasteiger partial charge in [-0.2, -0.15) is 0 Å². The maximum Gasteiger partial charge on any atom is 0.161 e. The van der Waals surface area contributed by atoms with Crippen LogP contribution in [0.3, 0.4) is 0 Å². The van der Waals surface area contributed by atoms with E-state index in [0.717, 1.165) is 55.4 Å². The minimum Gasteiger partial charge on any atom is -0.497 e. The molecule has 2 aromatic carbocycles. The Kier molecular flexibility index (Phi) is 6.41. The molecule has 1 aromatic heterocycles. The molecule has 6 nitrogen and oxygen atoms in total. The lowest BCUT2D eigenvalue weighted by Crippen LogP contribution is -2.42. The molecule has 0 unspecified atom stereocenters. The summed E-state index contributed by atoms with van der Waals surface area (Å²) in [5.74, 6) is 2.61. The number of piperidine rings is 1. The predicted molar refractivity (Wildman–Crippen MR) is 126 cm³/mol. The van der Waals surface area contributed by atoms with Crippen molar-refractivity contribution >= 4 is 10.9 Å². The summed E-state index contributed by atoms with van der Waals surface area (Å²) >= 11 is 0. The molecule has 1 fully saturated rings. The van der Waals surface area contributed by atoms with Crippen LogP contribution < -0.4 is 19.5 Å². The Hall–Kier alpha value is -2.83. The van der Waals surface area contributed by atoms with Crippen molar-refractivity contribution in [3.05, 3.63) is 59.8 Å². The molecule has 6 heteroatoms. The van der Waals surface area contributed by atoms with Crippen molar-refractivity contribution in [1.82, 2.24) is 15.2 Å². The van der Waals surface area contributed by atoms with Gasteiger partial charge in [-0.15, -0.1) is 0 Å². The van der Waals surface area contributed by atoms with Crippen molar-refractivity contribution < 1.29 is 14.2 Å². The van der Waals surface area contributed by atoms with Gasteiger partial charge in [0, 0.05) is 30.7 Å². The first-order chi connectivity index (χ1) is 15.8. The van der Waals surface area contributed by atoms with Crippen LogP contribution in [-0.2, 0) is 13.0 Å². The standard InChI is InChI=1S/C26H31N3O3/c1-30-22-3-4-24-23(17-22)20(6-10-27-24)7-11-29-12-8-21(9-13-29)28-18-19-2-5-25-26(16-19)32-15-14-31-25/h2-6,10,16-17,21,28H,7-9,11-15,18H2,1H3. The highest BCUT2D eigenvalue weighted by Gasteiger charge is 2.19. The number of ether oxygens (including phenoxy) is 3. The molecule has 168 valence electrons. The van der Waals surface area contributed by atoms with Gasteiger partial charge in [-0.3, -0.25) is 4.98 Å². The van der Waals surface area contributed by atoms with Gasteiger partial charge in [0.1, 0.15) is 19.0 Å². The first-order valence-corrected chi connectivity index (χ1v) is 11.5. The molecule has 3 aromatic rings. The Bertz CT molecular complexity index is 1060. The van der Waals surface area contributed by atoms with Crippen LogP contribution in [0.4, 0.5) is 0 Å². The van der Waals surface area contributed by atoms with E-state index in [1.165, 1.54) is 29.4 Å². The molecular weight excluding hydrogens is 402 g/mol. The van der Waals surface area contributed by atoms with Crippen LogP contribution in [0.5, 0.6) is 17.2 Å². The molecule has 0 spiro atoms. The summed E-state index contributed by atoms with van der Waals surface area (Å²) in [4.78, 5) is 7.08. The molecule has 1 N–H and O–H groups in total. The zero-order valence-electron chi connectivity index (χ0n) is 18.7. The fourth-order valence-corrected chi connectivity index (χ4v) is 4.63. The molecular formula is C26H31N3O3. The topological polar surface area (TPSA) is 55.9 Å². The third kappa shape index (κ3) is 4.81. The summed E-state index contributed by atoms with van der Waals surface area (Å²) in [7, 11) is 1.71. The van der Waals surface area contributed by atoms with Gasteiger partial charge in [0.25, 0.3) is 0 Å². The van der Waals surface area contributed by atoms with Gasteiger partial charge in [-0.1, -0.05) is 6.07 Å². The van der Waals surface area contributed by atoms with Crippen molar-refractivity contribution in [2.75, 3.05) is 40.0 Å². The SMILES string of the molecule is COc1ccc2nccc(CCN3CCC(NCc4ccc5c(c4)OCCO5)CC3)c2c1. The molecule has 0 radical (unpaired) electrons. The van der Waals surface area contributed by atoms with Crippen molar-refractivity contribution in [1.29, 1.82) is 0 Å². The zero-order chi connectivity index (χ0) is 21.8. The summed E-state index contributed by atoms with van der Waals surface area (Å²) in [6.45, 7) is 5.47. The Morgan fingerprint density at radius 3 is 2.72 bits per heavy atom. The maximum atomic E-state index is 5.70. The van der Waals surface area contributed by atoms with Crippen molar-refractivity contribution in [3.8, 4) is 17.2 Å². The zero-order valence-corrected chi connectivity index (χ0v) is 18.7. The molecule has 0 amide bonds. The summed E-state index contributed by atoms with van der Waals surface area (Å²) in [6, 6.07) is 15.1. The van der Waals surface area contributed by atoms with Crippen LogP contribution in [0.15, 0.2) is 48.7 Å². The highest BCUT2D eigenvalue weighted by Crippen LogP contribution is 2.31. The Morgan fingerprint density at radius 2 is 1.88 bits per heavy atom. The molecule has 2 aliphatic heterocycles. The number of aromatic nitrogens is 1. The van der Waals surface area contributed by atoms with Gasteiger partial charge < -0.3 is 24.4 Å². The maximum absolute atomic E-state index is 5.70.